The third kappa shape index (κ3) is 20.3. The third-order valence-corrected chi connectivity index (χ3v) is 6.46. The van der Waals surface area contributed by atoms with Crippen molar-refractivity contribution in [1.82, 2.24) is 0 Å². The highest BCUT2D eigenvalue weighted by Crippen LogP contribution is 2.07. The molecule has 6 unspecified atom stereocenters. The molecule has 3 N–H and O–H groups in total. The Hall–Kier alpha value is 1.38. The minimum atomic E-state index is -0.811. The van der Waals surface area contributed by atoms with Crippen LogP contribution >= 0.6 is 69.6 Å². The summed E-state index contributed by atoms with van der Waals surface area (Å²) in [6.07, 6.45) is -4.32. The molecule has 15 heteroatoms. The summed E-state index contributed by atoms with van der Waals surface area (Å²) >= 11 is 34.5. The highest BCUT2D eigenvalue weighted by Gasteiger charge is 2.19. The zero-order chi connectivity index (χ0) is 27.2. The minimum absolute atomic E-state index is 0.0215. The number of aliphatic hydroxyl groups is 3. The van der Waals surface area contributed by atoms with Gasteiger partial charge in [0.15, 0.2) is 0 Å². The molecule has 0 aromatic rings. The molecule has 0 amide bonds. The molecule has 0 aliphatic rings. The van der Waals surface area contributed by atoms with Crippen molar-refractivity contribution in [2.45, 2.75) is 42.7 Å². The number of halogens is 6. The van der Waals surface area contributed by atoms with E-state index in [2.05, 4.69) is 0 Å². The Kier molecular flexibility index (Phi) is 26.3. The van der Waals surface area contributed by atoms with E-state index in [4.69, 9.17) is 98.0 Å². The molecule has 0 aromatic carbocycles. The summed E-state index contributed by atoms with van der Waals surface area (Å²) in [7, 11) is 0. The first-order valence-corrected chi connectivity index (χ1v) is 14.6. The quantitative estimate of drug-likeness (QED) is 0.122. The first-order chi connectivity index (χ1) is 17.3. The maximum Gasteiger partial charge on any atom is 0.104 e. The van der Waals surface area contributed by atoms with Crippen LogP contribution in [0.3, 0.4) is 0 Å². The largest absolute Gasteiger partial charge is 0.389 e. The van der Waals surface area contributed by atoms with Gasteiger partial charge in [-0.3, -0.25) is 0 Å². The van der Waals surface area contributed by atoms with Gasteiger partial charge in [0.1, 0.15) is 6.10 Å². The molecule has 0 bridgehead atoms. The molecule has 9 nitrogen and oxygen atoms in total. The fraction of sp³-hybridized carbons (Fsp3) is 1.00. The second-order valence-corrected chi connectivity index (χ2v) is 9.64. The van der Waals surface area contributed by atoms with Gasteiger partial charge in [-0.05, 0) is 0 Å². The fourth-order valence-corrected chi connectivity index (χ4v) is 3.14. The molecular weight excluding hydrogens is 609 g/mol. The zero-order valence-electron chi connectivity index (χ0n) is 20.0. The van der Waals surface area contributed by atoms with Crippen molar-refractivity contribution >= 4 is 69.6 Å². The van der Waals surface area contributed by atoms with Crippen LogP contribution in [0.5, 0.6) is 0 Å². The highest BCUT2D eigenvalue weighted by atomic mass is 35.5. The van der Waals surface area contributed by atoms with Crippen LogP contribution < -0.4 is 0 Å². The van der Waals surface area contributed by atoms with Crippen molar-refractivity contribution < 1.29 is 43.7 Å². The van der Waals surface area contributed by atoms with Gasteiger partial charge in [-0.15, -0.1) is 69.6 Å². The van der Waals surface area contributed by atoms with Crippen LogP contribution in [-0.4, -0.2) is 146 Å². The molecule has 0 rings (SSSR count). The summed E-state index contributed by atoms with van der Waals surface area (Å²) in [6.45, 7) is 0.775. The first kappa shape index (κ1) is 37.4. The summed E-state index contributed by atoms with van der Waals surface area (Å²) in [5, 5.41) is 28.7. The van der Waals surface area contributed by atoms with Gasteiger partial charge < -0.3 is 43.7 Å². The summed E-state index contributed by atoms with van der Waals surface area (Å²) in [5.74, 6) is 0.590. The molecule has 0 radical (unpaired) electrons. The number of hydrogen-bond donors (Lipinski definition) is 3. The lowest BCUT2D eigenvalue weighted by molar-refractivity contribution is -0.114. The standard InChI is InChI=1S/C21H38Cl6O9/c22-1-15(28)7-33-18(4-25)10-31-12-21(36-14-20(6-27)35-9-17(30)3-24)13-32-11-19(5-26)34-8-16(29)2-23/h15-21,28-30H,1-14H2. The normalized spacial score (nSPS) is 17.9. The molecule has 0 spiro atoms. The van der Waals surface area contributed by atoms with Crippen LogP contribution in [-0.2, 0) is 28.4 Å². The molecule has 0 saturated carbocycles. The van der Waals surface area contributed by atoms with E-state index in [0.717, 1.165) is 0 Å². The second-order valence-electron chi connectivity index (χ2n) is 7.78. The van der Waals surface area contributed by atoms with E-state index < -0.39 is 42.7 Å². The SMILES string of the molecule is OC(CCl)COC(CCl)COCC(COCC(CCl)OCC(O)CCl)OCC(CCl)OCC(O)CCl. The van der Waals surface area contributed by atoms with E-state index >= 15 is 0 Å². The molecule has 0 aliphatic carbocycles. The van der Waals surface area contributed by atoms with Gasteiger partial charge in [0.05, 0.1) is 125 Å². The maximum atomic E-state index is 9.58. The van der Waals surface area contributed by atoms with E-state index in [0.29, 0.717) is 0 Å². The lowest BCUT2D eigenvalue weighted by Gasteiger charge is -2.24. The minimum Gasteiger partial charge on any atom is -0.389 e. The second kappa shape index (κ2) is 25.4. The maximum absolute atomic E-state index is 9.58. The van der Waals surface area contributed by atoms with Gasteiger partial charge in [0.2, 0.25) is 0 Å². The van der Waals surface area contributed by atoms with Crippen molar-refractivity contribution in [2.75, 3.05) is 88.1 Å². The summed E-state index contributed by atoms with van der Waals surface area (Å²) in [6, 6.07) is 0. The molecule has 0 heterocycles. The Balaban J connectivity index is 4.75. The highest BCUT2D eigenvalue weighted by molar-refractivity contribution is 6.19. The van der Waals surface area contributed by atoms with E-state index in [1.165, 1.54) is 0 Å². The van der Waals surface area contributed by atoms with Crippen LogP contribution in [0, 0.1) is 0 Å². The number of ether oxygens (including phenoxy) is 6. The van der Waals surface area contributed by atoms with E-state index in [-0.39, 0.29) is 88.1 Å². The van der Waals surface area contributed by atoms with Crippen molar-refractivity contribution in [3.63, 3.8) is 0 Å². The van der Waals surface area contributed by atoms with Gasteiger partial charge in [0, 0.05) is 0 Å². The lowest BCUT2D eigenvalue weighted by atomic mass is 10.3. The van der Waals surface area contributed by atoms with Crippen LogP contribution in [0.1, 0.15) is 0 Å². The summed E-state index contributed by atoms with van der Waals surface area (Å²) < 4.78 is 33.8. The number of rotatable bonds is 26. The van der Waals surface area contributed by atoms with Crippen LogP contribution in [0.15, 0.2) is 0 Å². The summed E-state index contributed by atoms with van der Waals surface area (Å²) in [5.41, 5.74) is 0. The fourth-order valence-electron chi connectivity index (χ4n) is 2.34. The Morgan fingerprint density at radius 2 is 0.639 bits per heavy atom. The van der Waals surface area contributed by atoms with Gasteiger partial charge in [0.25, 0.3) is 0 Å². The molecule has 0 aliphatic heterocycles. The number of alkyl halides is 6. The van der Waals surface area contributed by atoms with Crippen molar-refractivity contribution in [1.29, 1.82) is 0 Å². The number of hydrogen-bond acceptors (Lipinski definition) is 9. The van der Waals surface area contributed by atoms with E-state index in [1.807, 2.05) is 0 Å². The molecule has 36 heavy (non-hydrogen) atoms. The van der Waals surface area contributed by atoms with Gasteiger partial charge >= 0.3 is 0 Å². The van der Waals surface area contributed by atoms with Crippen LogP contribution in [0.25, 0.3) is 0 Å². The summed E-state index contributed by atoms with van der Waals surface area (Å²) in [4.78, 5) is 0. The predicted octanol–water partition coefficient (Wildman–Crippen LogP) is 2.08. The third-order valence-electron chi connectivity index (χ3n) is 4.36. The van der Waals surface area contributed by atoms with Crippen LogP contribution in [0.4, 0.5) is 0 Å². The first-order valence-electron chi connectivity index (χ1n) is 11.3. The zero-order valence-corrected chi connectivity index (χ0v) is 24.5. The molecule has 6 atom stereocenters. The van der Waals surface area contributed by atoms with Gasteiger partial charge in [-0.1, -0.05) is 0 Å². The van der Waals surface area contributed by atoms with E-state index in [9.17, 15) is 15.3 Å². The average Bonchev–Trinajstić information content (AvgIpc) is 2.90. The predicted molar refractivity (Wildman–Crippen MR) is 143 cm³/mol. The Bertz CT molecular complexity index is 461. The van der Waals surface area contributed by atoms with Gasteiger partial charge in [-0.2, -0.15) is 0 Å². The van der Waals surface area contributed by atoms with Crippen molar-refractivity contribution in [3.8, 4) is 0 Å². The Morgan fingerprint density at radius 3 is 0.944 bits per heavy atom. The average molecular weight is 647 g/mol. The smallest absolute Gasteiger partial charge is 0.104 e. The Labute approximate surface area is 243 Å². The molecule has 0 fully saturated rings. The van der Waals surface area contributed by atoms with E-state index in [1.54, 1.807) is 0 Å². The molecule has 0 aromatic heterocycles. The lowest BCUT2D eigenvalue weighted by Crippen LogP contribution is -2.35. The number of aliphatic hydroxyl groups excluding tert-OH is 3. The monoisotopic (exact) mass is 644 g/mol. The van der Waals surface area contributed by atoms with Crippen molar-refractivity contribution in [3.05, 3.63) is 0 Å². The molecule has 218 valence electrons. The van der Waals surface area contributed by atoms with Crippen molar-refractivity contribution in [2.24, 2.45) is 0 Å². The molecular formula is C21H38Cl6O9. The van der Waals surface area contributed by atoms with Crippen LogP contribution in [0.2, 0.25) is 0 Å². The Morgan fingerprint density at radius 1 is 0.361 bits per heavy atom. The molecule has 0 saturated heterocycles. The van der Waals surface area contributed by atoms with Gasteiger partial charge in [-0.25, -0.2) is 0 Å². The topological polar surface area (TPSA) is 116 Å².